The number of hydrogen-bond donors (Lipinski definition) is 3. The Morgan fingerprint density at radius 3 is 2.72 bits per heavy atom. The van der Waals surface area contributed by atoms with E-state index in [-0.39, 0.29) is 36.4 Å². The van der Waals surface area contributed by atoms with Crippen LogP contribution < -0.4 is 10.0 Å². The van der Waals surface area contributed by atoms with Gasteiger partial charge in [0.15, 0.2) is 0 Å². The number of likely N-dealkylation sites (tertiary alicyclic amines) is 1. The first kappa shape index (κ1) is 23.4. The first-order valence-electron chi connectivity index (χ1n) is 8.96. The molecule has 1 fully saturated rings. The minimum Gasteiger partial charge on any atom is -0.508 e. The van der Waals surface area contributed by atoms with Crippen LogP contribution in [0.5, 0.6) is 5.75 Å². The van der Waals surface area contributed by atoms with Gasteiger partial charge in [0.05, 0.1) is 18.1 Å². The molecule has 0 spiro atoms. The molecule has 3 N–H and O–H groups in total. The largest absolute Gasteiger partial charge is 0.508 e. The molecule has 29 heavy (non-hydrogen) atoms. The molecule has 1 amide bonds. The quantitative estimate of drug-likeness (QED) is 0.490. The molecule has 164 valence electrons. The molecular weight excluding hydrogens is 415 g/mol. The number of aromatic hydroxyl groups is 1. The standard InChI is InChI=1S/C17H24F3N3O5S/c1-12-10-14(2-3-15(12)24)29(26,27)22-13-4-6-23(11-13)7-9-28-8-5-21-16(25)17(18,19)20/h2-3,10,13,22,24H,4-9,11H2,1H3,(H,21,25)/t13-/m1/s1. The number of nitrogens with one attached hydrogen (secondary N) is 2. The number of ether oxygens (including phenoxy) is 1. The van der Waals surface area contributed by atoms with Gasteiger partial charge in [0.25, 0.3) is 0 Å². The maximum absolute atomic E-state index is 12.5. The van der Waals surface area contributed by atoms with Gasteiger partial charge >= 0.3 is 12.1 Å². The monoisotopic (exact) mass is 439 g/mol. The zero-order chi connectivity index (χ0) is 21.7. The Balaban J connectivity index is 1.68. The van der Waals surface area contributed by atoms with E-state index in [1.807, 2.05) is 4.90 Å². The van der Waals surface area contributed by atoms with Crippen molar-refractivity contribution < 1.29 is 36.2 Å². The van der Waals surface area contributed by atoms with Gasteiger partial charge in [-0.15, -0.1) is 0 Å². The Morgan fingerprint density at radius 1 is 1.34 bits per heavy atom. The van der Waals surface area contributed by atoms with E-state index in [1.54, 1.807) is 12.2 Å². The van der Waals surface area contributed by atoms with E-state index in [1.165, 1.54) is 18.2 Å². The minimum absolute atomic E-state index is 0.0222. The summed E-state index contributed by atoms with van der Waals surface area (Å²) < 4.78 is 68.8. The van der Waals surface area contributed by atoms with Crippen molar-refractivity contribution in [2.75, 3.05) is 39.4 Å². The lowest BCUT2D eigenvalue weighted by atomic mass is 10.2. The van der Waals surface area contributed by atoms with Gasteiger partial charge < -0.3 is 15.2 Å². The summed E-state index contributed by atoms with van der Waals surface area (Å²) in [5.74, 6) is -1.98. The minimum atomic E-state index is -4.91. The van der Waals surface area contributed by atoms with Gasteiger partial charge in [0, 0.05) is 25.7 Å². The summed E-state index contributed by atoms with van der Waals surface area (Å²) in [5, 5.41) is 11.2. The summed E-state index contributed by atoms with van der Waals surface area (Å²) in [7, 11) is -3.71. The second-order valence-corrected chi connectivity index (χ2v) is 8.44. The maximum atomic E-state index is 12.5. The Hall–Kier alpha value is -1.89. The van der Waals surface area contributed by atoms with Gasteiger partial charge in [-0.25, -0.2) is 13.1 Å². The lowest BCUT2D eigenvalue weighted by Crippen LogP contribution is -2.39. The van der Waals surface area contributed by atoms with Gasteiger partial charge in [-0.2, -0.15) is 13.2 Å². The molecule has 0 unspecified atom stereocenters. The molecule has 0 bridgehead atoms. The van der Waals surface area contributed by atoms with E-state index in [4.69, 9.17) is 4.74 Å². The Bertz CT molecular complexity index is 817. The zero-order valence-corrected chi connectivity index (χ0v) is 16.6. The predicted octanol–water partition coefficient (Wildman–Crippen LogP) is 0.748. The highest BCUT2D eigenvalue weighted by Gasteiger charge is 2.38. The second kappa shape index (κ2) is 9.74. The van der Waals surface area contributed by atoms with Crippen LogP contribution in [0.3, 0.4) is 0 Å². The van der Waals surface area contributed by atoms with Crippen LogP contribution in [0, 0.1) is 6.92 Å². The average Bonchev–Trinajstić information content (AvgIpc) is 3.05. The zero-order valence-electron chi connectivity index (χ0n) is 15.8. The van der Waals surface area contributed by atoms with Gasteiger partial charge in [-0.05, 0) is 43.7 Å². The van der Waals surface area contributed by atoms with Crippen molar-refractivity contribution >= 4 is 15.9 Å². The van der Waals surface area contributed by atoms with Gasteiger partial charge in [-0.1, -0.05) is 0 Å². The third kappa shape index (κ3) is 7.14. The van der Waals surface area contributed by atoms with Crippen LogP contribution in [0.1, 0.15) is 12.0 Å². The molecule has 8 nitrogen and oxygen atoms in total. The highest BCUT2D eigenvalue weighted by atomic mass is 32.2. The average molecular weight is 439 g/mol. The smallest absolute Gasteiger partial charge is 0.471 e. The Kier molecular flexibility index (Phi) is 7.86. The predicted molar refractivity (Wildman–Crippen MR) is 97.9 cm³/mol. The molecule has 0 radical (unpaired) electrons. The highest BCUT2D eigenvalue weighted by molar-refractivity contribution is 7.89. The van der Waals surface area contributed by atoms with Crippen molar-refractivity contribution in [2.45, 2.75) is 30.5 Å². The van der Waals surface area contributed by atoms with E-state index in [0.29, 0.717) is 31.6 Å². The molecule has 0 aliphatic carbocycles. The van der Waals surface area contributed by atoms with Gasteiger partial charge in [0.1, 0.15) is 5.75 Å². The molecule has 1 aromatic carbocycles. The Morgan fingerprint density at radius 2 is 2.07 bits per heavy atom. The number of halogens is 3. The molecule has 1 heterocycles. The summed E-state index contributed by atoms with van der Waals surface area (Å²) in [5.41, 5.74) is 0.462. The molecule has 1 aliphatic rings. The summed E-state index contributed by atoms with van der Waals surface area (Å²) in [6, 6.07) is 3.79. The summed E-state index contributed by atoms with van der Waals surface area (Å²) in [4.78, 5) is 12.7. The first-order valence-corrected chi connectivity index (χ1v) is 10.4. The van der Waals surface area contributed by atoms with Crippen molar-refractivity contribution in [1.29, 1.82) is 0 Å². The lowest BCUT2D eigenvalue weighted by molar-refractivity contribution is -0.173. The normalized spacial score (nSPS) is 18.1. The number of carbonyl (C=O) groups excluding carboxylic acids is 1. The van der Waals surface area contributed by atoms with Crippen molar-refractivity contribution in [3.63, 3.8) is 0 Å². The van der Waals surface area contributed by atoms with E-state index in [9.17, 15) is 31.5 Å². The fourth-order valence-electron chi connectivity index (χ4n) is 2.85. The van der Waals surface area contributed by atoms with Crippen molar-refractivity contribution in [2.24, 2.45) is 0 Å². The summed E-state index contributed by atoms with van der Waals surface area (Å²) >= 11 is 0. The molecule has 1 aromatic rings. The molecular formula is C17H24F3N3O5S. The third-order valence-corrected chi connectivity index (χ3v) is 5.93. The van der Waals surface area contributed by atoms with Crippen LogP contribution in [0.25, 0.3) is 0 Å². The van der Waals surface area contributed by atoms with Crippen LogP contribution in [-0.2, 0) is 19.6 Å². The maximum Gasteiger partial charge on any atom is 0.471 e. The second-order valence-electron chi connectivity index (χ2n) is 6.72. The Labute approximate surface area is 167 Å². The molecule has 12 heteroatoms. The van der Waals surface area contributed by atoms with E-state index >= 15 is 0 Å². The summed E-state index contributed by atoms with van der Waals surface area (Å²) in [6.07, 6.45) is -4.30. The van der Waals surface area contributed by atoms with Crippen molar-refractivity contribution in [3.8, 4) is 5.75 Å². The molecule has 0 aromatic heterocycles. The van der Waals surface area contributed by atoms with Crippen LogP contribution in [0.15, 0.2) is 23.1 Å². The number of rotatable bonds is 9. The van der Waals surface area contributed by atoms with E-state index < -0.39 is 22.1 Å². The van der Waals surface area contributed by atoms with Crippen LogP contribution in [0.2, 0.25) is 0 Å². The number of aryl methyl sites for hydroxylation is 1. The first-order chi connectivity index (χ1) is 13.5. The highest BCUT2D eigenvalue weighted by Crippen LogP contribution is 2.21. The number of hydrogen-bond acceptors (Lipinski definition) is 6. The molecule has 2 rings (SSSR count). The van der Waals surface area contributed by atoms with Crippen LogP contribution in [-0.4, -0.2) is 75.9 Å². The molecule has 1 aliphatic heterocycles. The van der Waals surface area contributed by atoms with Gasteiger partial charge in [0.2, 0.25) is 10.0 Å². The number of phenols is 1. The fraction of sp³-hybridized carbons (Fsp3) is 0.588. The number of nitrogens with zero attached hydrogens (tertiary/aromatic N) is 1. The number of sulfonamides is 1. The SMILES string of the molecule is Cc1cc(S(=O)(=O)N[C@@H]2CCN(CCOCCNC(=O)C(F)(F)F)C2)ccc1O. The number of amides is 1. The van der Waals surface area contributed by atoms with E-state index in [0.717, 1.165) is 0 Å². The van der Waals surface area contributed by atoms with Crippen LogP contribution >= 0.6 is 0 Å². The lowest BCUT2D eigenvalue weighted by Gasteiger charge is -2.17. The number of carbonyl (C=O) groups is 1. The summed E-state index contributed by atoms with van der Waals surface area (Å²) in [6.45, 7) is 3.18. The fourth-order valence-corrected chi connectivity index (χ4v) is 4.19. The topological polar surface area (TPSA) is 108 Å². The number of phenolic OH excluding ortho intramolecular Hbond substituents is 1. The van der Waals surface area contributed by atoms with Crippen LogP contribution in [0.4, 0.5) is 13.2 Å². The van der Waals surface area contributed by atoms with E-state index in [2.05, 4.69) is 4.72 Å². The van der Waals surface area contributed by atoms with Crippen molar-refractivity contribution in [1.82, 2.24) is 14.9 Å². The van der Waals surface area contributed by atoms with Crippen molar-refractivity contribution in [3.05, 3.63) is 23.8 Å². The molecule has 1 atom stereocenters. The number of benzene rings is 1. The molecule has 1 saturated heterocycles. The molecule has 0 saturated carbocycles. The number of alkyl halides is 3. The third-order valence-electron chi connectivity index (χ3n) is 4.41. The van der Waals surface area contributed by atoms with Gasteiger partial charge in [-0.3, -0.25) is 9.69 Å².